The molecule has 1 heterocycles. The SMILES string of the molecule is C/C=C(\C=N)N1CCNCC1. The molecule has 0 bridgehead atoms. The highest BCUT2D eigenvalue weighted by Gasteiger charge is 2.09. The van der Waals surface area contributed by atoms with Crippen molar-refractivity contribution in [3.8, 4) is 0 Å². The summed E-state index contributed by atoms with van der Waals surface area (Å²) >= 11 is 0. The molecule has 62 valence electrons. The van der Waals surface area contributed by atoms with Crippen LogP contribution in [0, 0.1) is 5.41 Å². The molecule has 0 spiro atoms. The Morgan fingerprint density at radius 1 is 1.45 bits per heavy atom. The molecule has 0 aromatic rings. The van der Waals surface area contributed by atoms with Crippen LogP contribution in [-0.4, -0.2) is 37.3 Å². The lowest BCUT2D eigenvalue weighted by molar-refractivity contribution is 0.312. The van der Waals surface area contributed by atoms with Crippen molar-refractivity contribution >= 4 is 6.21 Å². The van der Waals surface area contributed by atoms with Crippen LogP contribution in [0.3, 0.4) is 0 Å². The van der Waals surface area contributed by atoms with Crippen LogP contribution in [0.4, 0.5) is 0 Å². The maximum atomic E-state index is 7.14. The van der Waals surface area contributed by atoms with Crippen molar-refractivity contribution in [1.29, 1.82) is 5.41 Å². The first-order chi connectivity index (χ1) is 5.38. The molecule has 0 aromatic heterocycles. The lowest BCUT2D eigenvalue weighted by Gasteiger charge is -2.29. The number of hydrogen-bond acceptors (Lipinski definition) is 3. The predicted molar refractivity (Wildman–Crippen MR) is 47.0 cm³/mol. The maximum Gasteiger partial charge on any atom is 0.0502 e. The Morgan fingerprint density at radius 2 is 2.09 bits per heavy atom. The van der Waals surface area contributed by atoms with E-state index in [1.807, 2.05) is 13.0 Å². The lowest BCUT2D eigenvalue weighted by atomic mass is 10.3. The highest BCUT2D eigenvalue weighted by molar-refractivity contribution is 5.74. The molecular formula is C8H15N3. The molecule has 1 aliphatic heterocycles. The summed E-state index contributed by atoms with van der Waals surface area (Å²) in [5, 5.41) is 10.4. The van der Waals surface area contributed by atoms with Crippen molar-refractivity contribution in [3.63, 3.8) is 0 Å². The van der Waals surface area contributed by atoms with E-state index >= 15 is 0 Å². The molecule has 1 fully saturated rings. The number of nitrogens with one attached hydrogen (secondary N) is 2. The van der Waals surface area contributed by atoms with Gasteiger partial charge in [-0.15, -0.1) is 0 Å². The Balaban J connectivity index is 2.49. The minimum atomic E-state index is 1.02. The van der Waals surface area contributed by atoms with Crippen molar-refractivity contribution in [3.05, 3.63) is 11.8 Å². The fourth-order valence-corrected chi connectivity index (χ4v) is 1.28. The van der Waals surface area contributed by atoms with Crippen LogP contribution in [0.2, 0.25) is 0 Å². The standard InChI is InChI=1S/C8H15N3/c1-2-8(7-9)11-5-3-10-4-6-11/h2,7,9-10H,3-6H2,1H3/b8-2+,9-7?. The van der Waals surface area contributed by atoms with Crippen molar-refractivity contribution in [2.24, 2.45) is 0 Å². The van der Waals surface area contributed by atoms with Gasteiger partial charge in [-0.05, 0) is 6.92 Å². The van der Waals surface area contributed by atoms with E-state index < -0.39 is 0 Å². The minimum Gasteiger partial charge on any atom is -0.368 e. The molecule has 1 aliphatic rings. The molecule has 0 saturated carbocycles. The van der Waals surface area contributed by atoms with E-state index in [1.165, 1.54) is 6.21 Å². The Bertz CT molecular complexity index is 157. The summed E-state index contributed by atoms with van der Waals surface area (Å²) in [6, 6.07) is 0. The molecule has 2 N–H and O–H groups in total. The molecule has 0 aromatic carbocycles. The smallest absolute Gasteiger partial charge is 0.0502 e. The van der Waals surface area contributed by atoms with Crippen molar-refractivity contribution in [2.45, 2.75) is 6.92 Å². The van der Waals surface area contributed by atoms with Gasteiger partial charge in [0.05, 0.1) is 5.70 Å². The molecule has 3 nitrogen and oxygen atoms in total. The van der Waals surface area contributed by atoms with Gasteiger partial charge in [-0.2, -0.15) is 0 Å². The molecule has 0 unspecified atom stereocenters. The zero-order chi connectivity index (χ0) is 8.10. The minimum absolute atomic E-state index is 1.02. The van der Waals surface area contributed by atoms with Gasteiger partial charge in [0.2, 0.25) is 0 Å². The molecular weight excluding hydrogens is 138 g/mol. The second kappa shape index (κ2) is 4.13. The van der Waals surface area contributed by atoms with Crippen LogP contribution in [0.1, 0.15) is 6.92 Å². The van der Waals surface area contributed by atoms with Crippen LogP contribution in [0.15, 0.2) is 11.8 Å². The first-order valence-electron chi connectivity index (χ1n) is 4.01. The van der Waals surface area contributed by atoms with Crippen LogP contribution < -0.4 is 5.32 Å². The van der Waals surface area contributed by atoms with Crippen LogP contribution in [-0.2, 0) is 0 Å². The van der Waals surface area contributed by atoms with Gasteiger partial charge in [-0.3, -0.25) is 0 Å². The average molecular weight is 153 g/mol. The van der Waals surface area contributed by atoms with Crippen molar-refractivity contribution in [1.82, 2.24) is 10.2 Å². The number of allylic oxidation sites excluding steroid dienone is 2. The third kappa shape index (κ3) is 2.05. The van der Waals surface area contributed by atoms with Gasteiger partial charge in [0.1, 0.15) is 0 Å². The van der Waals surface area contributed by atoms with E-state index in [9.17, 15) is 0 Å². The van der Waals surface area contributed by atoms with E-state index in [-0.39, 0.29) is 0 Å². The second-order valence-corrected chi connectivity index (χ2v) is 2.59. The Hall–Kier alpha value is -0.830. The Morgan fingerprint density at radius 3 is 2.55 bits per heavy atom. The normalized spacial score (nSPS) is 20.1. The van der Waals surface area contributed by atoms with E-state index in [0.29, 0.717) is 0 Å². The van der Waals surface area contributed by atoms with E-state index in [0.717, 1.165) is 31.9 Å². The molecule has 0 radical (unpaired) electrons. The van der Waals surface area contributed by atoms with E-state index in [2.05, 4.69) is 10.2 Å². The fourth-order valence-electron chi connectivity index (χ4n) is 1.28. The first kappa shape index (κ1) is 8.27. The monoisotopic (exact) mass is 153 g/mol. The number of hydrogen-bond donors (Lipinski definition) is 2. The number of nitrogens with zero attached hydrogens (tertiary/aromatic N) is 1. The number of rotatable bonds is 2. The van der Waals surface area contributed by atoms with Crippen molar-refractivity contribution in [2.75, 3.05) is 26.2 Å². The highest BCUT2D eigenvalue weighted by Crippen LogP contribution is 2.01. The molecule has 3 heteroatoms. The predicted octanol–water partition coefficient (Wildman–Crippen LogP) is 0.445. The van der Waals surface area contributed by atoms with Crippen LogP contribution in [0.25, 0.3) is 0 Å². The summed E-state index contributed by atoms with van der Waals surface area (Å²) in [5.74, 6) is 0. The maximum absolute atomic E-state index is 7.14. The summed E-state index contributed by atoms with van der Waals surface area (Å²) in [5.41, 5.74) is 1.03. The molecule has 0 aliphatic carbocycles. The van der Waals surface area contributed by atoms with Gasteiger partial charge in [0.25, 0.3) is 0 Å². The topological polar surface area (TPSA) is 39.1 Å². The van der Waals surface area contributed by atoms with Gasteiger partial charge >= 0.3 is 0 Å². The largest absolute Gasteiger partial charge is 0.368 e. The molecule has 11 heavy (non-hydrogen) atoms. The average Bonchev–Trinajstić information content (AvgIpc) is 2.09. The summed E-state index contributed by atoms with van der Waals surface area (Å²) in [6.45, 7) is 6.09. The second-order valence-electron chi connectivity index (χ2n) is 2.59. The van der Waals surface area contributed by atoms with Crippen LogP contribution in [0.5, 0.6) is 0 Å². The summed E-state index contributed by atoms with van der Waals surface area (Å²) in [6.07, 6.45) is 3.41. The summed E-state index contributed by atoms with van der Waals surface area (Å²) < 4.78 is 0. The first-order valence-corrected chi connectivity index (χ1v) is 4.01. The van der Waals surface area contributed by atoms with Gasteiger partial charge in [0.15, 0.2) is 0 Å². The lowest BCUT2D eigenvalue weighted by Crippen LogP contribution is -2.43. The third-order valence-corrected chi connectivity index (χ3v) is 1.93. The molecule has 0 atom stereocenters. The van der Waals surface area contributed by atoms with E-state index in [1.54, 1.807) is 0 Å². The van der Waals surface area contributed by atoms with Gasteiger partial charge < -0.3 is 15.6 Å². The third-order valence-electron chi connectivity index (χ3n) is 1.93. The fraction of sp³-hybridized carbons (Fsp3) is 0.625. The number of piperazine rings is 1. The zero-order valence-corrected chi connectivity index (χ0v) is 6.93. The molecule has 1 saturated heterocycles. The molecule has 1 rings (SSSR count). The molecule has 0 amide bonds. The zero-order valence-electron chi connectivity index (χ0n) is 6.93. The quantitative estimate of drug-likeness (QED) is 0.565. The highest BCUT2D eigenvalue weighted by atomic mass is 15.2. The van der Waals surface area contributed by atoms with Crippen molar-refractivity contribution < 1.29 is 0 Å². The van der Waals surface area contributed by atoms with Gasteiger partial charge in [0, 0.05) is 32.4 Å². The van der Waals surface area contributed by atoms with Gasteiger partial charge in [-0.1, -0.05) is 6.08 Å². The van der Waals surface area contributed by atoms with Gasteiger partial charge in [-0.25, -0.2) is 0 Å². The summed E-state index contributed by atoms with van der Waals surface area (Å²) in [7, 11) is 0. The Labute approximate surface area is 67.6 Å². The van der Waals surface area contributed by atoms with Crippen LogP contribution >= 0.6 is 0 Å². The Kier molecular flexibility index (Phi) is 3.11. The summed E-state index contributed by atoms with van der Waals surface area (Å²) in [4.78, 5) is 2.23. The van der Waals surface area contributed by atoms with E-state index in [4.69, 9.17) is 5.41 Å².